The molecule has 2 bridgehead atoms. The Morgan fingerprint density at radius 2 is 1.63 bits per heavy atom. The molecule has 4 aliphatic rings. The van der Waals surface area contributed by atoms with Crippen molar-refractivity contribution in [3.8, 4) is 0 Å². The van der Waals surface area contributed by atoms with E-state index >= 15 is 0 Å². The molecule has 0 aromatic rings. The molecule has 0 unspecified atom stereocenters. The van der Waals surface area contributed by atoms with E-state index in [0.29, 0.717) is 56.9 Å². The van der Waals surface area contributed by atoms with Crippen LogP contribution in [0, 0.1) is 40.9 Å². The van der Waals surface area contributed by atoms with Gasteiger partial charge < -0.3 is 43.7 Å². The van der Waals surface area contributed by atoms with Gasteiger partial charge in [-0.15, -0.1) is 0 Å². The average Bonchev–Trinajstić information content (AvgIpc) is 3.32. The zero-order valence-electron chi connectivity index (χ0n) is 42.7. The van der Waals surface area contributed by atoms with E-state index in [1.807, 2.05) is 70.0 Å². The summed E-state index contributed by atoms with van der Waals surface area (Å²) in [5.41, 5.74) is 1.27. The molecule has 382 valence electrons. The van der Waals surface area contributed by atoms with E-state index in [9.17, 15) is 34.2 Å². The lowest BCUT2D eigenvalue weighted by atomic mass is 9.77. The quantitative estimate of drug-likeness (QED) is 0.0761. The van der Waals surface area contributed by atoms with Gasteiger partial charge in [0.05, 0.1) is 30.7 Å². The van der Waals surface area contributed by atoms with Crippen molar-refractivity contribution in [3.05, 3.63) is 47.6 Å². The van der Waals surface area contributed by atoms with E-state index in [-0.39, 0.29) is 60.9 Å². The molecule has 0 spiro atoms. The van der Waals surface area contributed by atoms with E-state index in [1.165, 1.54) is 18.3 Å². The summed E-state index contributed by atoms with van der Waals surface area (Å²) in [5.74, 6) is -7.86. The van der Waals surface area contributed by atoms with Crippen LogP contribution in [0.15, 0.2) is 47.6 Å². The first-order valence-corrected chi connectivity index (χ1v) is 24.9. The standard InChI is InChI=1S/C53H83N3O12/c1-32-17-13-12-14-18-33(2)44(64-9)29-40-22-20-38(7)53(63,68-40)50(60)51(61)56-24-16-15-19-42(56)52(62)67-45(35(4)27-39-21-23-41(55(8)31-54)46(28-39)65-10)30-43(57)34(3)26-37(6)48(59)49(66-11)47(58)36(5)25-32/h12-14,17-18,26,31-32,34-36,38-42,44-46,48-49,54,59,63H,15-16,19-25,27-30H2,1-11H3/b14-12+,17-13+,33-18+,37-26+,54-31?/t32-,34-,35-,36-,38-,39+,40+,41+,42+,44+,45+,46-,48-,49+,53-/m1/s1. The first kappa shape index (κ1) is 56.7. The smallest absolute Gasteiger partial charge is 0.329 e. The lowest BCUT2D eigenvalue weighted by molar-refractivity contribution is -0.265. The third-order valence-electron chi connectivity index (χ3n) is 15.2. The molecule has 0 aromatic heterocycles. The van der Waals surface area contributed by atoms with Crippen molar-refractivity contribution < 1.29 is 57.9 Å². The molecule has 15 nitrogen and oxygen atoms in total. The molecule has 68 heavy (non-hydrogen) atoms. The van der Waals surface area contributed by atoms with Crippen molar-refractivity contribution in [2.24, 2.45) is 35.5 Å². The number of fused-ring (bicyclic) bond motifs is 3. The molecule has 3 aliphatic heterocycles. The highest BCUT2D eigenvalue weighted by Gasteiger charge is 2.53. The number of Topliss-reactive ketones (excluding diaryl/α,β-unsaturated/α-hetero) is 3. The number of hydrogen-bond acceptors (Lipinski definition) is 13. The van der Waals surface area contributed by atoms with Crippen molar-refractivity contribution in [2.75, 3.05) is 34.9 Å². The van der Waals surface area contributed by atoms with Crippen molar-refractivity contribution >= 4 is 35.6 Å². The summed E-state index contributed by atoms with van der Waals surface area (Å²) < 4.78 is 29.8. The molecule has 0 radical (unpaired) electrons. The van der Waals surface area contributed by atoms with Gasteiger partial charge in [-0.2, -0.15) is 0 Å². The van der Waals surface area contributed by atoms with Crippen LogP contribution in [0.25, 0.3) is 0 Å². The monoisotopic (exact) mass is 954 g/mol. The topological polar surface area (TPSA) is 202 Å². The zero-order chi connectivity index (χ0) is 50.5. The van der Waals surface area contributed by atoms with Crippen LogP contribution in [0.3, 0.4) is 0 Å². The second kappa shape index (κ2) is 26.4. The van der Waals surface area contributed by atoms with Crippen LogP contribution >= 0.6 is 0 Å². The molecule has 1 amide bonds. The molecule has 0 aromatic carbocycles. The highest BCUT2D eigenvalue weighted by atomic mass is 16.6. The summed E-state index contributed by atoms with van der Waals surface area (Å²) in [6.07, 6.45) is 13.8. The van der Waals surface area contributed by atoms with Gasteiger partial charge in [0, 0.05) is 65.5 Å². The molecule has 15 heteroatoms. The third kappa shape index (κ3) is 14.6. The Bertz CT molecular complexity index is 1860. The number of carbonyl (C=O) groups is 5. The van der Waals surface area contributed by atoms with Crippen molar-refractivity contribution in [3.63, 3.8) is 0 Å². The van der Waals surface area contributed by atoms with Crippen LogP contribution in [-0.4, -0.2) is 145 Å². The average molecular weight is 954 g/mol. The summed E-state index contributed by atoms with van der Waals surface area (Å²) in [6.45, 7) is 12.8. The fraction of sp³-hybridized carbons (Fsp3) is 0.736. The van der Waals surface area contributed by atoms with Gasteiger partial charge >= 0.3 is 5.97 Å². The number of aliphatic hydroxyl groups is 2. The second-order valence-electron chi connectivity index (χ2n) is 20.4. The molecule has 4 rings (SSSR count). The number of hydrogen-bond donors (Lipinski definition) is 3. The molecule has 3 heterocycles. The van der Waals surface area contributed by atoms with Gasteiger partial charge in [-0.05, 0) is 107 Å². The number of aliphatic hydroxyl groups excluding tert-OH is 1. The maximum atomic E-state index is 14.5. The molecule has 3 fully saturated rings. The number of cyclic esters (lactones) is 1. The molecule has 1 saturated carbocycles. The van der Waals surface area contributed by atoms with Crippen molar-refractivity contribution in [2.45, 2.75) is 180 Å². The Morgan fingerprint density at radius 3 is 2.29 bits per heavy atom. The summed E-state index contributed by atoms with van der Waals surface area (Å²) in [5, 5.41) is 31.3. The van der Waals surface area contributed by atoms with E-state index in [4.69, 9.17) is 29.1 Å². The number of ether oxygens (including phenoxy) is 5. The number of nitrogens with one attached hydrogen (secondary N) is 1. The number of carbonyl (C=O) groups excluding carboxylic acids is 5. The Morgan fingerprint density at radius 1 is 0.912 bits per heavy atom. The Kier molecular flexibility index (Phi) is 22.0. The number of likely N-dealkylation sites (N-methyl/N-ethyl adjacent to an activating group) is 1. The van der Waals surface area contributed by atoms with E-state index < -0.39 is 77.8 Å². The normalized spacial score (nSPS) is 39.0. The zero-order valence-corrected chi connectivity index (χ0v) is 42.7. The number of piperidine rings is 1. The molecular weight excluding hydrogens is 871 g/mol. The third-order valence-corrected chi connectivity index (χ3v) is 15.2. The van der Waals surface area contributed by atoms with Crippen molar-refractivity contribution in [1.29, 1.82) is 5.41 Å². The Balaban J connectivity index is 1.71. The number of allylic oxidation sites excluding steroid dienone is 6. The predicted octanol–water partition coefficient (Wildman–Crippen LogP) is 6.73. The minimum Gasteiger partial charge on any atom is -0.460 e. The van der Waals surface area contributed by atoms with Gasteiger partial charge in [0.25, 0.3) is 11.7 Å². The largest absolute Gasteiger partial charge is 0.460 e. The maximum Gasteiger partial charge on any atom is 0.329 e. The maximum absolute atomic E-state index is 14.5. The summed E-state index contributed by atoms with van der Waals surface area (Å²) in [4.78, 5) is 74.1. The minimum atomic E-state index is -2.43. The van der Waals surface area contributed by atoms with Crippen molar-refractivity contribution in [1.82, 2.24) is 9.80 Å². The van der Waals surface area contributed by atoms with Crippen LogP contribution in [0.5, 0.6) is 0 Å². The Labute approximate surface area is 405 Å². The summed E-state index contributed by atoms with van der Waals surface area (Å²) in [6, 6.07) is -1.10. The van der Waals surface area contributed by atoms with E-state index in [1.54, 1.807) is 41.1 Å². The van der Waals surface area contributed by atoms with Gasteiger partial charge in [0.1, 0.15) is 30.1 Å². The van der Waals surface area contributed by atoms with Gasteiger partial charge in [0.2, 0.25) is 5.79 Å². The second-order valence-corrected chi connectivity index (χ2v) is 20.4. The lowest BCUT2D eigenvalue weighted by Gasteiger charge is -2.43. The number of methoxy groups -OCH3 is 3. The molecule has 1 aliphatic carbocycles. The SMILES string of the molecule is CO[C@H]1C[C@@H]2CC[C@@H](C)[C@@](O)(O2)C(=O)C(=O)N2CCCC[C@H]2C(=O)O[C@H]([C@H](C)C[C@@H]2CC[C@H](N(C)C=N)[C@H](OC)C2)CC(=O)[C@H](C)/C=C(\C)[C@@H](O)[C@@H](OC)C(=O)[C@H](C)C[C@H](C)/C=C/C=C/C=C/1C. The van der Waals surface area contributed by atoms with Crippen LogP contribution < -0.4 is 0 Å². The van der Waals surface area contributed by atoms with Gasteiger partial charge in [-0.3, -0.25) is 24.6 Å². The number of esters is 1. The first-order chi connectivity index (χ1) is 32.2. The number of nitrogens with zero attached hydrogens (tertiary/aromatic N) is 2. The number of amides is 1. The lowest BCUT2D eigenvalue weighted by Crippen LogP contribution is -2.61. The number of rotatable bonds is 8. The van der Waals surface area contributed by atoms with E-state index in [0.717, 1.165) is 18.4 Å². The minimum absolute atomic E-state index is 0.0187. The first-order valence-electron chi connectivity index (χ1n) is 24.9. The fourth-order valence-electron chi connectivity index (χ4n) is 10.7. The molecular formula is C53H83N3O12. The van der Waals surface area contributed by atoms with Crippen LogP contribution in [-0.2, 0) is 47.7 Å². The van der Waals surface area contributed by atoms with E-state index in [2.05, 4.69) is 0 Å². The Hall–Kier alpha value is -3.86. The summed E-state index contributed by atoms with van der Waals surface area (Å²) >= 11 is 0. The van der Waals surface area contributed by atoms with Gasteiger partial charge in [0.15, 0.2) is 5.78 Å². The molecule has 2 saturated heterocycles. The van der Waals surface area contributed by atoms with Crippen LogP contribution in [0.2, 0.25) is 0 Å². The van der Waals surface area contributed by atoms with Gasteiger partial charge in [-0.1, -0.05) is 71.1 Å². The van der Waals surface area contributed by atoms with Gasteiger partial charge in [-0.25, -0.2) is 4.79 Å². The number of ketones is 3. The van der Waals surface area contributed by atoms with Crippen LogP contribution in [0.4, 0.5) is 0 Å². The van der Waals surface area contributed by atoms with Crippen LogP contribution in [0.1, 0.15) is 126 Å². The highest BCUT2D eigenvalue weighted by Crippen LogP contribution is 2.38. The highest BCUT2D eigenvalue weighted by molar-refractivity contribution is 6.39. The summed E-state index contributed by atoms with van der Waals surface area (Å²) in [7, 11) is 6.49. The molecule has 3 N–H and O–H groups in total. The predicted molar refractivity (Wildman–Crippen MR) is 259 cm³/mol. The molecule has 15 atom stereocenters. The fourth-order valence-corrected chi connectivity index (χ4v) is 10.7.